The third-order valence-electron chi connectivity index (χ3n) is 4.30. The van der Waals surface area contributed by atoms with Crippen molar-refractivity contribution in [1.82, 2.24) is 5.32 Å². The van der Waals surface area contributed by atoms with Crippen LogP contribution in [0.3, 0.4) is 0 Å². The number of benzene rings is 1. The highest BCUT2D eigenvalue weighted by Crippen LogP contribution is 2.33. The van der Waals surface area contributed by atoms with E-state index >= 15 is 0 Å². The van der Waals surface area contributed by atoms with Gasteiger partial charge in [0.25, 0.3) is 0 Å². The maximum Gasteiger partial charge on any atom is 0.223 e. The fraction of sp³-hybridized carbons (Fsp3) is 0.562. The Bertz CT molecular complexity index is 497. The van der Waals surface area contributed by atoms with Gasteiger partial charge in [-0.1, -0.05) is 19.3 Å². The van der Waals surface area contributed by atoms with Crippen molar-refractivity contribution in [2.75, 3.05) is 6.61 Å². The highest BCUT2D eigenvalue weighted by Gasteiger charge is 2.27. The summed E-state index contributed by atoms with van der Waals surface area (Å²) in [6, 6.07) is 4.39. The first kappa shape index (κ1) is 13.4. The molecule has 0 saturated heterocycles. The average Bonchev–Trinajstić information content (AvgIpc) is 2.49. The Kier molecular flexibility index (Phi) is 3.90. The minimum Gasteiger partial charge on any atom is -0.493 e. The second-order valence-electron chi connectivity index (χ2n) is 5.72. The molecule has 0 spiro atoms. The maximum atomic E-state index is 13.4. The van der Waals surface area contributed by atoms with E-state index < -0.39 is 0 Å². The van der Waals surface area contributed by atoms with E-state index in [4.69, 9.17) is 4.74 Å². The zero-order valence-corrected chi connectivity index (χ0v) is 11.5. The molecular formula is C16H20FNO2. The van der Waals surface area contributed by atoms with Crippen LogP contribution in [-0.2, 0) is 4.79 Å². The van der Waals surface area contributed by atoms with Gasteiger partial charge < -0.3 is 10.1 Å². The molecule has 1 heterocycles. The molecular weight excluding hydrogens is 257 g/mol. The van der Waals surface area contributed by atoms with E-state index in [2.05, 4.69) is 5.32 Å². The van der Waals surface area contributed by atoms with Gasteiger partial charge in [0.1, 0.15) is 11.6 Å². The minimum absolute atomic E-state index is 0.117. The van der Waals surface area contributed by atoms with E-state index in [9.17, 15) is 9.18 Å². The molecule has 1 saturated carbocycles. The van der Waals surface area contributed by atoms with Gasteiger partial charge in [0.05, 0.1) is 12.6 Å². The maximum absolute atomic E-state index is 13.4. The lowest BCUT2D eigenvalue weighted by Gasteiger charge is -2.29. The van der Waals surface area contributed by atoms with E-state index in [1.54, 1.807) is 6.07 Å². The number of rotatable bonds is 2. The Morgan fingerprint density at radius 2 is 2.00 bits per heavy atom. The van der Waals surface area contributed by atoms with Crippen molar-refractivity contribution in [3.05, 3.63) is 29.6 Å². The van der Waals surface area contributed by atoms with Crippen LogP contribution in [0.25, 0.3) is 0 Å². The predicted molar refractivity (Wildman–Crippen MR) is 74.0 cm³/mol. The van der Waals surface area contributed by atoms with Crippen LogP contribution >= 0.6 is 0 Å². The van der Waals surface area contributed by atoms with E-state index in [0.29, 0.717) is 18.8 Å². The van der Waals surface area contributed by atoms with Crippen LogP contribution in [0.5, 0.6) is 5.75 Å². The van der Waals surface area contributed by atoms with Crippen LogP contribution in [0.15, 0.2) is 18.2 Å². The van der Waals surface area contributed by atoms with Crippen molar-refractivity contribution in [3.63, 3.8) is 0 Å². The second-order valence-corrected chi connectivity index (χ2v) is 5.72. The van der Waals surface area contributed by atoms with Crippen LogP contribution in [0.2, 0.25) is 0 Å². The van der Waals surface area contributed by atoms with Gasteiger partial charge >= 0.3 is 0 Å². The van der Waals surface area contributed by atoms with E-state index in [0.717, 1.165) is 31.2 Å². The van der Waals surface area contributed by atoms with Crippen LogP contribution in [0.1, 0.15) is 50.1 Å². The third kappa shape index (κ3) is 2.79. The molecule has 20 heavy (non-hydrogen) atoms. The Balaban J connectivity index is 1.72. The summed E-state index contributed by atoms with van der Waals surface area (Å²) >= 11 is 0. The molecule has 0 aromatic heterocycles. The SMILES string of the molecule is O=C(NC1CCOc2ccc(F)cc21)C1CCCCC1. The Morgan fingerprint density at radius 1 is 1.20 bits per heavy atom. The minimum atomic E-state index is -0.286. The smallest absolute Gasteiger partial charge is 0.223 e. The largest absolute Gasteiger partial charge is 0.493 e. The number of carbonyl (C=O) groups is 1. The zero-order chi connectivity index (χ0) is 13.9. The summed E-state index contributed by atoms with van der Waals surface area (Å²) in [4.78, 5) is 12.3. The zero-order valence-electron chi connectivity index (χ0n) is 11.5. The molecule has 1 N–H and O–H groups in total. The molecule has 4 heteroatoms. The van der Waals surface area contributed by atoms with Crippen molar-refractivity contribution in [3.8, 4) is 5.75 Å². The van der Waals surface area contributed by atoms with Crippen LogP contribution < -0.4 is 10.1 Å². The lowest BCUT2D eigenvalue weighted by molar-refractivity contribution is -0.126. The summed E-state index contributed by atoms with van der Waals surface area (Å²) in [6.45, 7) is 0.564. The van der Waals surface area contributed by atoms with Crippen molar-refractivity contribution in [1.29, 1.82) is 0 Å². The van der Waals surface area contributed by atoms with Crippen molar-refractivity contribution < 1.29 is 13.9 Å². The molecule has 1 unspecified atom stereocenters. The molecule has 1 amide bonds. The summed E-state index contributed by atoms with van der Waals surface area (Å²) in [7, 11) is 0. The number of ether oxygens (including phenoxy) is 1. The van der Waals surface area contributed by atoms with Crippen molar-refractivity contribution in [2.24, 2.45) is 5.92 Å². The molecule has 1 aromatic carbocycles. The summed E-state index contributed by atoms with van der Waals surface area (Å²) < 4.78 is 18.9. The number of hydrogen-bond donors (Lipinski definition) is 1. The molecule has 1 aromatic rings. The van der Waals surface area contributed by atoms with Gasteiger partial charge in [-0.15, -0.1) is 0 Å². The second kappa shape index (κ2) is 5.81. The first-order valence-electron chi connectivity index (χ1n) is 7.46. The fourth-order valence-electron chi connectivity index (χ4n) is 3.17. The van der Waals surface area contributed by atoms with Crippen molar-refractivity contribution in [2.45, 2.75) is 44.6 Å². The molecule has 1 aliphatic carbocycles. The van der Waals surface area contributed by atoms with Gasteiger partial charge in [-0.05, 0) is 31.0 Å². The molecule has 1 aliphatic heterocycles. The van der Waals surface area contributed by atoms with Crippen LogP contribution in [0, 0.1) is 11.7 Å². The lowest BCUT2D eigenvalue weighted by atomic mass is 9.88. The Hall–Kier alpha value is -1.58. The monoisotopic (exact) mass is 277 g/mol. The molecule has 3 nitrogen and oxygen atoms in total. The summed E-state index contributed by atoms with van der Waals surface area (Å²) in [6.07, 6.45) is 6.16. The van der Waals surface area contributed by atoms with E-state index in [-0.39, 0.29) is 23.7 Å². The van der Waals surface area contributed by atoms with E-state index in [1.165, 1.54) is 18.6 Å². The summed E-state index contributed by atoms with van der Waals surface area (Å²) in [5.41, 5.74) is 0.764. The van der Waals surface area contributed by atoms with Crippen LogP contribution in [0.4, 0.5) is 4.39 Å². The van der Waals surface area contributed by atoms with Gasteiger partial charge in [0, 0.05) is 17.9 Å². The number of fused-ring (bicyclic) bond motifs is 1. The Morgan fingerprint density at radius 3 is 2.80 bits per heavy atom. The average molecular weight is 277 g/mol. The fourth-order valence-corrected chi connectivity index (χ4v) is 3.17. The molecule has 1 fully saturated rings. The topological polar surface area (TPSA) is 38.3 Å². The number of halogens is 1. The predicted octanol–water partition coefficient (Wildman–Crippen LogP) is 3.35. The highest BCUT2D eigenvalue weighted by atomic mass is 19.1. The van der Waals surface area contributed by atoms with Crippen molar-refractivity contribution >= 4 is 5.91 Å². The first-order chi connectivity index (χ1) is 9.74. The van der Waals surface area contributed by atoms with Gasteiger partial charge in [-0.25, -0.2) is 4.39 Å². The number of nitrogens with one attached hydrogen (secondary N) is 1. The molecule has 2 aliphatic rings. The molecule has 0 radical (unpaired) electrons. The molecule has 3 rings (SSSR count). The van der Waals surface area contributed by atoms with E-state index in [1.807, 2.05) is 0 Å². The number of amides is 1. The lowest BCUT2D eigenvalue weighted by Crippen LogP contribution is -2.37. The Labute approximate surface area is 118 Å². The highest BCUT2D eigenvalue weighted by molar-refractivity contribution is 5.79. The summed E-state index contributed by atoms with van der Waals surface area (Å²) in [5.74, 6) is 0.646. The van der Waals surface area contributed by atoms with Crippen LogP contribution in [-0.4, -0.2) is 12.5 Å². The number of carbonyl (C=O) groups excluding carboxylic acids is 1. The quantitative estimate of drug-likeness (QED) is 0.900. The number of hydrogen-bond acceptors (Lipinski definition) is 2. The molecule has 0 bridgehead atoms. The molecule has 1 atom stereocenters. The summed E-state index contributed by atoms with van der Waals surface area (Å²) in [5, 5.41) is 3.09. The van der Waals surface area contributed by atoms with Gasteiger partial charge in [-0.3, -0.25) is 4.79 Å². The molecule has 108 valence electrons. The van der Waals surface area contributed by atoms with Gasteiger partial charge in [0.2, 0.25) is 5.91 Å². The standard InChI is InChI=1S/C16H20FNO2/c17-12-6-7-15-13(10-12)14(8-9-20-15)18-16(19)11-4-2-1-3-5-11/h6-7,10-11,14H,1-5,8-9H2,(H,18,19). The third-order valence-corrected chi connectivity index (χ3v) is 4.30. The van der Waals surface area contributed by atoms with Gasteiger partial charge in [-0.2, -0.15) is 0 Å². The first-order valence-corrected chi connectivity index (χ1v) is 7.46. The van der Waals surface area contributed by atoms with Gasteiger partial charge in [0.15, 0.2) is 0 Å². The normalized spacial score (nSPS) is 22.8.